The number of aliphatic hydroxyl groups excluding tert-OH is 6. The van der Waals surface area contributed by atoms with Gasteiger partial charge in [-0.2, -0.15) is 5.10 Å². The molecular formula is C125H255F5N6O10. The minimum Gasteiger partial charge on any atom is -0.396 e. The molecule has 1 amide bonds. The average molecular weight is 2100 g/mol. The first-order chi connectivity index (χ1) is 68.3. The van der Waals surface area contributed by atoms with Crippen LogP contribution < -0.4 is 5.32 Å². The number of nitrogens with zero attached hydrogens (tertiary/aromatic N) is 3. The van der Waals surface area contributed by atoms with Gasteiger partial charge in [0.25, 0.3) is 0 Å². The quantitative estimate of drug-likeness (QED) is 0.0220. The molecule has 0 aliphatic heterocycles. The van der Waals surface area contributed by atoms with Gasteiger partial charge in [0.05, 0.1) is 51.7 Å². The van der Waals surface area contributed by atoms with Crippen molar-refractivity contribution in [2.75, 3.05) is 59.7 Å². The van der Waals surface area contributed by atoms with Crippen molar-refractivity contribution in [3.8, 4) is 0 Å². The smallest absolute Gasteiger partial charge is 0.223 e. The number of hydrogen-bond donors (Lipinski definition) is 9. The fraction of sp³-hybridized carbons (Fsp3) is 0.928. The highest BCUT2D eigenvalue weighted by atomic mass is 19.1. The largest absolute Gasteiger partial charge is 0.396 e. The topological polar surface area (TPSA) is 272 Å². The van der Waals surface area contributed by atoms with Crippen LogP contribution in [0.3, 0.4) is 0 Å². The molecule has 0 spiro atoms. The summed E-state index contributed by atoms with van der Waals surface area (Å²) in [6, 6.07) is 0. The predicted molar refractivity (Wildman–Crippen MR) is 624 cm³/mol. The van der Waals surface area contributed by atoms with E-state index in [1.807, 2.05) is 26.2 Å². The van der Waals surface area contributed by atoms with Crippen LogP contribution in [0.1, 0.15) is 539 Å². The lowest BCUT2D eigenvalue weighted by atomic mass is 9.78. The van der Waals surface area contributed by atoms with Gasteiger partial charge in [-0.15, -0.1) is 0 Å². The summed E-state index contributed by atoms with van der Waals surface area (Å²) in [6.45, 7) is 88.1. The van der Waals surface area contributed by atoms with Gasteiger partial charge < -0.3 is 55.3 Å². The van der Waals surface area contributed by atoms with Gasteiger partial charge in [-0.3, -0.25) is 27.5 Å². The third kappa shape index (κ3) is 98.4. The maximum atomic E-state index is 12.9. The number of amides is 1. The molecule has 146 heavy (non-hydrogen) atoms. The van der Waals surface area contributed by atoms with Crippen LogP contribution in [0.25, 0.3) is 0 Å². The van der Waals surface area contributed by atoms with Gasteiger partial charge in [0, 0.05) is 75.8 Å². The number of aromatic nitrogens is 5. The van der Waals surface area contributed by atoms with Crippen molar-refractivity contribution in [3.63, 3.8) is 0 Å². The molecule has 2 aromatic rings. The third-order valence-electron chi connectivity index (χ3n) is 29.5. The third-order valence-corrected chi connectivity index (χ3v) is 29.5. The second-order valence-corrected chi connectivity index (χ2v) is 47.8. The lowest BCUT2D eigenvalue weighted by Crippen LogP contribution is -2.35. The number of aliphatic hydroxyl groups is 6. The summed E-state index contributed by atoms with van der Waals surface area (Å²) in [4.78, 5) is 56.5. The molecule has 0 saturated heterocycles. The zero-order valence-corrected chi connectivity index (χ0v) is 104. The van der Waals surface area contributed by atoms with E-state index in [0.717, 1.165) is 114 Å². The standard InChI is InChI=1S/3C13H25FO.C11H20N2.C11H23NO2.C10H19N3.2C10H22O.2C9H19FO.C9H20O.C7H16/c3*1-5-6-7-13(10(2)3)12(9-14)8-11(4)15;1-4-5-6-10(9(2)3)11-12-7-8-13-11;1-4-5-6-10(9(2)3)11(14)12-7-8-13;1-4-5-6-9(8(2)3)10-11-7-12-13-10;2*1-5-6-7-10(8(2)3)9(4)11;1-7(2)9(6-11)5-4-8(3)10;1-8(2)9(7-11)5-3-4-6-10;1-4-5-6-9(7-10)8(2)3;1-6(2)7(3,4)5/h3*10,12-13H,5-9H2,1-4H3;7-10H,4-6H2,1-3H3,(H,12,13);9-10,13H,4-8H2,1-3H3,(H,12,14);7-9H,4-6H2,1-3H3,(H,11,12,13);2*8-11H,5-7H2,1-4H3;7-9,11H,4-6H2,1-3H3;8-9,11H,3-7H2,1-2H3;8-10H,4-7H2,1-3H3;6H,1-5H3/t2*12-,13?;;;;;9-,10?;;;;;/m10....0...../s1. The Balaban J connectivity index is -0.000000173. The highest BCUT2D eigenvalue weighted by molar-refractivity contribution is 5.79. The van der Waals surface area contributed by atoms with Crippen LogP contribution in [0.2, 0.25) is 0 Å². The van der Waals surface area contributed by atoms with E-state index in [9.17, 15) is 51.3 Å². The lowest BCUT2D eigenvalue weighted by Gasteiger charge is -2.27. The lowest BCUT2D eigenvalue weighted by molar-refractivity contribution is -0.127. The predicted octanol–water partition coefficient (Wildman–Crippen LogP) is 35.2. The fourth-order valence-corrected chi connectivity index (χ4v) is 18.0. The molecule has 0 aromatic carbocycles. The molecule has 0 saturated carbocycles. The minimum atomic E-state index is -0.734. The van der Waals surface area contributed by atoms with E-state index >= 15 is 0 Å². The number of aromatic amines is 2. The number of alkyl halides is 5. The van der Waals surface area contributed by atoms with E-state index in [-0.39, 0.29) is 112 Å². The number of ketones is 3. The van der Waals surface area contributed by atoms with Crippen molar-refractivity contribution in [1.29, 1.82) is 0 Å². The number of carbonyl (C=O) groups is 4. The van der Waals surface area contributed by atoms with Gasteiger partial charge in [-0.05, 0) is 267 Å². The van der Waals surface area contributed by atoms with Crippen molar-refractivity contribution in [3.05, 3.63) is 30.4 Å². The molecule has 0 radical (unpaired) electrons. The van der Waals surface area contributed by atoms with Gasteiger partial charge in [0.1, 0.15) is 35.3 Å². The monoisotopic (exact) mass is 2100 g/mol. The highest BCUT2D eigenvalue weighted by Crippen LogP contribution is 2.35. The zero-order valence-electron chi connectivity index (χ0n) is 104. The number of unbranched alkanes of at least 4 members (excludes halogenated alkanes) is 10. The Morgan fingerprint density at radius 1 is 0.349 bits per heavy atom. The molecule has 880 valence electrons. The number of H-pyrrole nitrogens is 2. The number of imidazole rings is 1. The number of halogens is 5. The Hall–Kier alpha value is -3.76. The van der Waals surface area contributed by atoms with Crippen LogP contribution >= 0.6 is 0 Å². The normalized spacial score (nSPS) is 14.8. The molecule has 0 aliphatic rings. The molecule has 14 unspecified atom stereocenters. The molecule has 0 fully saturated rings. The van der Waals surface area contributed by atoms with E-state index in [4.69, 9.17) is 20.4 Å². The van der Waals surface area contributed by atoms with E-state index in [2.05, 4.69) is 280 Å². The Morgan fingerprint density at radius 3 is 0.856 bits per heavy atom. The van der Waals surface area contributed by atoms with Crippen LogP contribution in [0, 0.1) is 147 Å². The van der Waals surface area contributed by atoms with Crippen molar-refractivity contribution < 1.29 is 71.8 Å². The van der Waals surface area contributed by atoms with Crippen molar-refractivity contribution in [2.24, 2.45) is 147 Å². The summed E-state index contributed by atoms with van der Waals surface area (Å²) in [6.07, 6.45) is 41.1. The Kier molecular flexibility index (Phi) is 120. The number of nitrogens with one attached hydrogen (secondary N) is 3. The number of hydrogen-bond acceptors (Lipinski definition) is 13. The number of carbonyl (C=O) groups excluding carboxylic acids is 4. The van der Waals surface area contributed by atoms with E-state index in [1.54, 1.807) is 34.0 Å². The van der Waals surface area contributed by atoms with Gasteiger partial charge in [0.15, 0.2) is 0 Å². The van der Waals surface area contributed by atoms with Crippen LogP contribution in [-0.2, 0) is 19.2 Å². The molecule has 2 heterocycles. The Bertz CT molecular complexity index is 2780. The number of rotatable bonds is 67. The van der Waals surface area contributed by atoms with Crippen molar-refractivity contribution in [2.45, 2.75) is 546 Å². The first-order valence-electron chi connectivity index (χ1n) is 59.6. The Morgan fingerprint density at radius 2 is 0.637 bits per heavy atom. The molecule has 0 aliphatic carbocycles. The highest BCUT2D eigenvalue weighted by Gasteiger charge is 2.30. The molecule has 21 heteroatoms. The van der Waals surface area contributed by atoms with E-state index in [1.165, 1.54) is 96.3 Å². The van der Waals surface area contributed by atoms with Crippen molar-refractivity contribution >= 4 is 23.3 Å². The summed E-state index contributed by atoms with van der Waals surface area (Å²) in [5, 5.41) is 63.7. The molecule has 9 N–H and O–H groups in total. The first kappa shape index (κ1) is 162. The maximum Gasteiger partial charge on any atom is 0.223 e. The minimum absolute atomic E-state index is 0.0182. The molecule has 2 aromatic heterocycles. The average Bonchev–Trinajstić information content (AvgIpc) is 1.05. The molecule has 2 rings (SSSR count). The van der Waals surface area contributed by atoms with E-state index in [0.29, 0.717) is 169 Å². The van der Waals surface area contributed by atoms with Gasteiger partial charge >= 0.3 is 0 Å². The van der Waals surface area contributed by atoms with E-state index < -0.39 is 6.17 Å². The second-order valence-electron chi connectivity index (χ2n) is 47.8. The van der Waals surface area contributed by atoms with Gasteiger partial charge in [0.2, 0.25) is 5.91 Å². The van der Waals surface area contributed by atoms with Gasteiger partial charge in [-0.25, -0.2) is 14.4 Å². The van der Waals surface area contributed by atoms with Crippen LogP contribution in [0.4, 0.5) is 22.0 Å². The first-order valence-corrected chi connectivity index (χ1v) is 59.6. The van der Waals surface area contributed by atoms with Crippen LogP contribution in [0.5, 0.6) is 0 Å². The van der Waals surface area contributed by atoms with Crippen molar-refractivity contribution in [1.82, 2.24) is 30.5 Å². The molecule has 17 atom stereocenters. The van der Waals surface area contributed by atoms with Crippen LogP contribution in [0.15, 0.2) is 18.7 Å². The molecular weight excluding hydrogens is 1840 g/mol. The maximum absolute atomic E-state index is 12.9. The van der Waals surface area contributed by atoms with Gasteiger partial charge in [-0.1, -0.05) is 371 Å². The zero-order chi connectivity index (χ0) is 115. The fourth-order valence-electron chi connectivity index (χ4n) is 18.0. The Labute approximate surface area is 903 Å². The summed E-state index contributed by atoms with van der Waals surface area (Å²) in [5.41, 5.74) is 0.500. The molecule has 0 bridgehead atoms. The summed E-state index contributed by atoms with van der Waals surface area (Å²) in [7, 11) is 0. The summed E-state index contributed by atoms with van der Waals surface area (Å²) >= 11 is 0. The second kappa shape index (κ2) is 108. The van der Waals surface area contributed by atoms with Crippen LogP contribution in [-0.4, -0.2) is 157 Å². The number of Topliss-reactive ketones (excluding diaryl/α,β-unsaturated/α-hetero) is 3. The summed E-state index contributed by atoms with van der Waals surface area (Å²) in [5.74, 6) is 13.6. The SMILES string of the molecule is CC(C)C(C)(C)C.CC(C)C(CO)CCCCF.CC(F)CCC(CO)C(C)C.CCCCC(C(=O)NCCO)C(C)C.CCCCC(C(C)C)C(C)O.CCCCC(C(C)C)C(CF)CC(C)=O.CCCCC(C(C)C)[C@@H](CF)CC(C)=O.CCCCC(C(C)C)[C@H](C)O.CCCCC(C(C)C)[C@H](CF)CC(C)=O.CCCCC(CO)C(C)C.CCCCC(c1ncc[nH]1)C(C)C.CCCCC(c1ncn[nH]1)C(C)C. The summed E-state index contributed by atoms with van der Waals surface area (Å²) < 4.78 is 62.8. The molecule has 16 nitrogen and oxygen atoms in total.